The molecule has 2 N–H and O–H groups in total. The van der Waals surface area contributed by atoms with Crippen molar-refractivity contribution in [2.24, 2.45) is 5.73 Å². The second kappa shape index (κ2) is 4.72. The molecule has 2 rings (SSSR count). The summed E-state index contributed by atoms with van der Waals surface area (Å²) >= 11 is 0. The van der Waals surface area contributed by atoms with Crippen LogP contribution in [0, 0.1) is 0 Å². The Labute approximate surface area is 97.8 Å². The van der Waals surface area contributed by atoms with E-state index in [1.165, 1.54) is 12.8 Å². The predicted molar refractivity (Wildman–Crippen MR) is 64.0 cm³/mol. The van der Waals surface area contributed by atoms with Gasteiger partial charge in [-0.1, -0.05) is 0 Å². The van der Waals surface area contributed by atoms with E-state index in [1.807, 2.05) is 4.90 Å². The van der Waals surface area contributed by atoms with Gasteiger partial charge in [-0.2, -0.15) is 0 Å². The number of rotatable bonds is 4. The highest BCUT2D eigenvalue weighted by molar-refractivity contribution is 5.81. The molecule has 0 aromatic heterocycles. The van der Waals surface area contributed by atoms with Gasteiger partial charge in [0.05, 0.1) is 6.04 Å². The molecule has 2 atom stereocenters. The summed E-state index contributed by atoms with van der Waals surface area (Å²) in [6.45, 7) is 3.69. The Morgan fingerprint density at radius 1 is 1.50 bits per heavy atom. The van der Waals surface area contributed by atoms with Crippen molar-refractivity contribution in [1.29, 1.82) is 0 Å². The molecule has 4 heteroatoms. The molecule has 0 aromatic carbocycles. The van der Waals surface area contributed by atoms with Crippen LogP contribution in [0.25, 0.3) is 0 Å². The zero-order valence-corrected chi connectivity index (χ0v) is 10.4. The molecule has 1 saturated heterocycles. The number of carbonyl (C=O) groups excluding carboxylic acids is 1. The van der Waals surface area contributed by atoms with E-state index in [4.69, 9.17) is 5.73 Å². The third-order valence-electron chi connectivity index (χ3n) is 3.72. The quantitative estimate of drug-likeness (QED) is 0.754. The fourth-order valence-corrected chi connectivity index (χ4v) is 2.57. The maximum absolute atomic E-state index is 11.9. The van der Waals surface area contributed by atoms with Crippen molar-refractivity contribution in [3.8, 4) is 0 Å². The summed E-state index contributed by atoms with van der Waals surface area (Å²) in [5.41, 5.74) is 5.68. The molecule has 2 fully saturated rings. The Morgan fingerprint density at radius 3 is 2.75 bits per heavy atom. The number of hydrogen-bond donors (Lipinski definition) is 1. The standard InChI is InChI=1S/C12H23N3O/c1-9(13)12(16)15-7-3-4-11(15)8-14(2)10-5-6-10/h9-11H,3-8,13H2,1-2H3/t9-,11?/m0/s1. The Kier molecular flexibility index (Phi) is 3.50. The van der Waals surface area contributed by atoms with E-state index in [9.17, 15) is 4.79 Å². The van der Waals surface area contributed by atoms with Crippen molar-refractivity contribution in [3.05, 3.63) is 0 Å². The van der Waals surface area contributed by atoms with Gasteiger partial charge in [0.1, 0.15) is 0 Å². The van der Waals surface area contributed by atoms with Crippen LogP contribution in [0.1, 0.15) is 32.6 Å². The van der Waals surface area contributed by atoms with Crippen molar-refractivity contribution in [1.82, 2.24) is 9.80 Å². The van der Waals surface area contributed by atoms with Gasteiger partial charge in [-0.15, -0.1) is 0 Å². The van der Waals surface area contributed by atoms with Gasteiger partial charge >= 0.3 is 0 Å². The summed E-state index contributed by atoms with van der Waals surface area (Å²) in [4.78, 5) is 16.3. The van der Waals surface area contributed by atoms with Gasteiger partial charge < -0.3 is 15.5 Å². The van der Waals surface area contributed by atoms with Crippen LogP contribution >= 0.6 is 0 Å². The lowest BCUT2D eigenvalue weighted by Gasteiger charge is -2.29. The van der Waals surface area contributed by atoms with E-state index < -0.39 is 0 Å². The summed E-state index contributed by atoms with van der Waals surface area (Å²) < 4.78 is 0. The van der Waals surface area contributed by atoms with Crippen LogP contribution in [-0.2, 0) is 4.79 Å². The van der Waals surface area contributed by atoms with Gasteiger partial charge in [0.2, 0.25) is 5.91 Å². The highest BCUT2D eigenvalue weighted by Gasteiger charge is 2.34. The summed E-state index contributed by atoms with van der Waals surface area (Å²) in [5.74, 6) is 0.117. The fourth-order valence-electron chi connectivity index (χ4n) is 2.57. The predicted octanol–water partition coefficient (Wildman–Crippen LogP) is 0.419. The minimum atomic E-state index is -0.355. The van der Waals surface area contributed by atoms with Crippen LogP contribution in [0.4, 0.5) is 0 Å². The molecule has 0 spiro atoms. The molecule has 92 valence electrons. The van der Waals surface area contributed by atoms with E-state index in [0.717, 1.165) is 32.0 Å². The van der Waals surface area contributed by atoms with Gasteiger partial charge in [-0.05, 0) is 39.7 Å². The molecule has 1 unspecified atom stereocenters. The maximum Gasteiger partial charge on any atom is 0.239 e. The number of amides is 1. The molecule has 1 heterocycles. The smallest absolute Gasteiger partial charge is 0.239 e. The minimum absolute atomic E-state index is 0.117. The van der Waals surface area contributed by atoms with Crippen LogP contribution < -0.4 is 5.73 Å². The van der Waals surface area contributed by atoms with E-state index in [2.05, 4.69) is 11.9 Å². The maximum atomic E-state index is 11.9. The SMILES string of the molecule is C[C@H](N)C(=O)N1CCCC1CN(C)C1CC1. The van der Waals surface area contributed by atoms with Crippen LogP contribution in [-0.4, -0.2) is 54.0 Å². The van der Waals surface area contributed by atoms with Gasteiger partial charge in [0.25, 0.3) is 0 Å². The molecule has 0 bridgehead atoms. The Hall–Kier alpha value is -0.610. The van der Waals surface area contributed by atoms with Crippen LogP contribution in [0.2, 0.25) is 0 Å². The second-order valence-corrected chi connectivity index (χ2v) is 5.29. The van der Waals surface area contributed by atoms with Crippen molar-refractivity contribution >= 4 is 5.91 Å². The lowest BCUT2D eigenvalue weighted by atomic mass is 10.2. The molecular weight excluding hydrogens is 202 g/mol. The molecule has 1 aliphatic carbocycles. The van der Waals surface area contributed by atoms with Crippen LogP contribution in [0.5, 0.6) is 0 Å². The van der Waals surface area contributed by atoms with Gasteiger partial charge in [-0.25, -0.2) is 0 Å². The molecule has 4 nitrogen and oxygen atoms in total. The third-order valence-corrected chi connectivity index (χ3v) is 3.72. The number of nitrogens with zero attached hydrogens (tertiary/aromatic N) is 2. The lowest BCUT2D eigenvalue weighted by molar-refractivity contribution is -0.133. The highest BCUT2D eigenvalue weighted by atomic mass is 16.2. The van der Waals surface area contributed by atoms with Crippen LogP contribution in [0.3, 0.4) is 0 Å². The first-order valence-corrected chi connectivity index (χ1v) is 6.36. The average molecular weight is 225 g/mol. The Morgan fingerprint density at radius 2 is 2.19 bits per heavy atom. The van der Waals surface area contributed by atoms with Crippen molar-refractivity contribution < 1.29 is 4.79 Å². The topological polar surface area (TPSA) is 49.6 Å². The number of nitrogens with two attached hydrogens (primary N) is 1. The Balaban J connectivity index is 1.89. The molecule has 2 aliphatic rings. The number of likely N-dealkylation sites (tertiary alicyclic amines) is 1. The normalized spacial score (nSPS) is 27.5. The number of hydrogen-bond acceptors (Lipinski definition) is 3. The van der Waals surface area contributed by atoms with Gasteiger partial charge in [-0.3, -0.25) is 4.79 Å². The highest BCUT2D eigenvalue weighted by Crippen LogP contribution is 2.27. The van der Waals surface area contributed by atoms with Gasteiger partial charge in [0.15, 0.2) is 0 Å². The number of carbonyl (C=O) groups is 1. The van der Waals surface area contributed by atoms with E-state index in [-0.39, 0.29) is 11.9 Å². The number of likely N-dealkylation sites (N-methyl/N-ethyl adjacent to an activating group) is 1. The van der Waals surface area contributed by atoms with E-state index >= 15 is 0 Å². The molecule has 1 saturated carbocycles. The lowest BCUT2D eigenvalue weighted by Crippen LogP contribution is -2.48. The summed E-state index contributed by atoms with van der Waals surface area (Å²) in [7, 11) is 2.17. The molecular formula is C12H23N3O. The molecule has 0 radical (unpaired) electrons. The van der Waals surface area contributed by atoms with Crippen molar-refractivity contribution in [3.63, 3.8) is 0 Å². The zero-order chi connectivity index (χ0) is 11.7. The van der Waals surface area contributed by atoms with Gasteiger partial charge in [0, 0.05) is 25.2 Å². The zero-order valence-electron chi connectivity index (χ0n) is 10.4. The average Bonchev–Trinajstić information content (AvgIpc) is 2.99. The molecule has 0 aromatic rings. The van der Waals surface area contributed by atoms with Crippen molar-refractivity contribution in [2.45, 2.75) is 50.7 Å². The second-order valence-electron chi connectivity index (χ2n) is 5.29. The largest absolute Gasteiger partial charge is 0.337 e. The minimum Gasteiger partial charge on any atom is -0.337 e. The van der Waals surface area contributed by atoms with E-state index in [0.29, 0.717) is 6.04 Å². The fraction of sp³-hybridized carbons (Fsp3) is 0.917. The summed E-state index contributed by atoms with van der Waals surface area (Å²) in [6.07, 6.45) is 4.91. The monoisotopic (exact) mass is 225 g/mol. The first-order valence-electron chi connectivity index (χ1n) is 6.36. The van der Waals surface area contributed by atoms with Crippen LogP contribution in [0.15, 0.2) is 0 Å². The third kappa shape index (κ3) is 2.55. The molecule has 1 aliphatic heterocycles. The Bertz CT molecular complexity index is 263. The molecule has 1 amide bonds. The summed E-state index contributed by atoms with van der Waals surface area (Å²) in [6, 6.07) is 0.809. The first-order chi connectivity index (χ1) is 7.59. The van der Waals surface area contributed by atoms with E-state index in [1.54, 1.807) is 6.92 Å². The van der Waals surface area contributed by atoms with Crippen molar-refractivity contribution in [2.75, 3.05) is 20.1 Å². The summed E-state index contributed by atoms with van der Waals surface area (Å²) in [5, 5.41) is 0. The molecule has 16 heavy (non-hydrogen) atoms. The first kappa shape index (κ1) is 11.9.